The lowest BCUT2D eigenvalue weighted by Gasteiger charge is -2.18. The molecular formula is C13H16N2O. The van der Waals surface area contributed by atoms with Gasteiger partial charge in [0.15, 0.2) is 0 Å². The average molecular weight is 216 g/mol. The lowest BCUT2D eigenvalue weighted by molar-refractivity contribution is -0.124. The third-order valence-electron chi connectivity index (χ3n) is 2.92. The molecular weight excluding hydrogens is 200 g/mol. The Bertz CT molecular complexity index is 408. The van der Waals surface area contributed by atoms with Gasteiger partial charge >= 0.3 is 0 Å². The van der Waals surface area contributed by atoms with Gasteiger partial charge in [0.1, 0.15) is 0 Å². The van der Waals surface area contributed by atoms with Gasteiger partial charge in [-0.05, 0) is 17.5 Å². The fraction of sp³-hybridized carbons (Fsp3) is 0.308. The third kappa shape index (κ3) is 1.99. The summed E-state index contributed by atoms with van der Waals surface area (Å²) in [6.07, 6.45) is 1.57. The maximum atomic E-state index is 11.6. The number of likely N-dealkylation sites (tertiary alicyclic amines) is 1. The molecule has 0 saturated carbocycles. The molecule has 2 N–H and O–H groups in total. The standard InChI is InChI=1S/C13H16N2O/c1-10(15-8-2-3-13(15)16)12-6-4-11(9-14)5-7-12/h4-7H,1-3,8-9,14H2. The van der Waals surface area contributed by atoms with E-state index < -0.39 is 0 Å². The van der Waals surface area contributed by atoms with Crippen molar-refractivity contribution in [3.8, 4) is 0 Å². The van der Waals surface area contributed by atoms with Crippen molar-refractivity contribution in [3.63, 3.8) is 0 Å². The number of carbonyl (C=O) groups excluding carboxylic acids is 1. The van der Waals surface area contributed by atoms with Crippen molar-refractivity contribution in [2.75, 3.05) is 6.54 Å². The van der Waals surface area contributed by atoms with E-state index in [0.717, 1.165) is 29.8 Å². The van der Waals surface area contributed by atoms with Crippen molar-refractivity contribution in [3.05, 3.63) is 42.0 Å². The molecule has 2 rings (SSSR count). The second-order valence-corrected chi connectivity index (χ2v) is 4.00. The average Bonchev–Trinajstić information content (AvgIpc) is 2.75. The number of nitrogens with two attached hydrogens (primary N) is 1. The Morgan fingerprint density at radius 1 is 1.38 bits per heavy atom. The second-order valence-electron chi connectivity index (χ2n) is 4.00. The SMILES string of the molecule is C=C(c1ccc(CN)cc1)N1CCCC1=O. The summed E-state index contributed by atoms with van der Waals surface area (Å²) in [6, 6.07) is 7.88. The third-order valence-corrected chi connectivity index (χ3v) is 2.92. The summed E-state index contributed by atoms with van der Waals surface area (Å²) in [4.78, 5) is 13.3. The first-order chi connectivity index (χ1) is 7.72. The van der Waals surface area contributed by atoms with E-state index in [2.05, 4.69) is 6.58 Å². The maximum absolute atomic E-state index is 11.6. The second kappa shape index (κ2) is 4.49. The van der Waals surface area contributed by atoms with E-state index >= 15 is 0 Å². The number of benzene rings is 1. The van der Waals surface area contributed by atoms with Crippen molar-refractivity contribution in [1.29, 1.82) is 0 Å². The quantitative estimate of drug-likeness (QED) is 0.836. The molecule has 1 amide bonds. The van der Waals surface area contributed by atoms with Crippen LogP contribution < -0.4 is 5.73 Å². The van der Waals surface area contributed by atoms with Crippen LogP contribution in [0.1, 0.15) is 24.0 Å². The molecule has 3 heteroatoms. The Kier molecular flexibility index (Phi) is 3.06. The van der Waals surface area contributed by atoms with Gasteiger partial charge in [-0.3, -0.25) is 4.79 Å². The van der Waals surface area contributed by atoms with Gasteiger partial charge < -0.3 is 10.6 Å². The van der Waals surface area contributed by atoms with E-state index in [-0.39, 0.29) is 5.91 Å². The van der Waals surface area contributed by atoms with Gasteiger partial charge in [-0.15, -0.1) is 0 Å². The smallest absolute Gasteiger partial charge is 0.227 e. The molecule has 1 fully saturated rings. The minimum absolute atomic E-state index is 0.174. The molecule has 1 aromatic rings. The minimum atomic E-state index is 0.174. The van der Waals surface area contributed by atoms with Crippen LogP contribution >= 0.6 is 0 Å². The number of nitrogens with zero attached hydrogens (tertiary/aromatic N) is 1. The molecule has 0 aromatic heterocycles. The molecule has 0 aliphatic carbocycles. The first-order valence-corrected chi connectivity index (χ1v) is 5.51. The van der Waals surface area contributed by atoms with Crippen LogP contribution in [0.15, 0.2) is 30.8 Å². The number of amides is 1. The molecule has 0 atom stereocenters. The van der Waals surface area contributed by atoms with E-state index in [0.29, 0.717) is 13.0 Å². The van der Waals surface area contributed by atoms with Gasteiger partial charge in [0.05, 0.1) is 0 Å². The van der Waals surface area contributed by atoms with Gasteiger partial charge in [0.25, 0.3) is 0 Å². The topological polar surface area (TPSA) is 46.3 Å². The number of hydrogen-bond acceptors (Lipinski definition) is 2. The highest BCUT2D eigenvalue weighted by molar-refractivity contribution is 5.87. The highest BCUT2D eigenvalue weighted by Crippen LogP contribution is 2.23. The Hall–Kier alpha value is -1.61. The fourth-order valence-electron chi connectivity index (χ4n) is 1.92. The molecule has 1 saturated heterocycles. The fourth-order valence-corrected chi connectivity index (χ4v) is 1.92. The molecule has 3 nitrogen and oxygen atoms in total. The normalized spacial score (nSPS) is 15.6. The van der Waals surface area contributed by atoms with Crippen LogP contribution in [0.5, 0.6) is 0 Å². The maximum Gasteiger partial charge on any atom is 0.227 e. The monoisotopic (exact) mass is 216 g/mol. The summed E-state index contributed by atoms with van der Waals surface area (Å²) in [5, 5.41) is 0. The lowest BCUT2D eigenvalue weighted by Crippen LogP contribution is -2.22. The van der Waals surface area contributed by atoms with Crippen molar-refractivity contribution in [2.45, 2.75) is 19.4 Å². The van der Waals surface area contributed by atoms with Crippen LogP contribution in [0.25, 0.3) is 5.70 Å². The van der Waals surface area contributed by atoms with Crippen LogP contribution in [0.2, 0.25) is 0 Å². The first kappa shape index (κ1) is 10.9. The lowest BCUT2D eigenvalue weighted by atomic mass is 10.1. The summed E-state index contributed by atoms with van der Waals surface area (Å²) in [6.45, 7) is 5.31. The van der Waals surface area contributed by atoms with Gasteiger partial charge in [0, 0.05) is 25.2 Å². The van der Waals surface area contributed by atoms with Crippen LogP contribution in [0, 0.1) is 0 Å². The number of hydrogen-bond donors (Lipinski definition) is 1. The predicted octanol–water partition coefficient (Wildman–Crippen LogP) is 1.74. The summed E-state index contributed by atoms with van der Waals surface area (Å²) in [5.41, 5.74) is 8.41. The van der Waals surface area contributed by atoms with E-state index in [4.69, 9.17) is 5.73 Å². The van der Waals surface area contributed by atoms with Crippen molar-refractivity contribution in [1.82, 2.24) is 4.90 Å². The van der Waals surface area contributed by atoms with Gasteiger partial charge in [0.2, 0.25) is 5.91 Å². The number of carbonyl (C=O) groups is 1. The predicted molar refractivity (Wildman–Crippen MR) is 64.3 cm³/mol. The van der Waals surface area contributed by atoms with Gasteiger partial charge in [-0.2, -0.15) is 0 Å². The Labute approximate surface area is 95.6 Å². The largest absolute Gasteiger partial charge is 0.326 e. The Morgan fingerprint density at radius 3 is 2.56 bits per heavy atom. The summed E-state index contributed by atoms with van der Waals surface area (Å²) in [5.74, 6) is 0.174. The van der Waals surface area contributed by atoms with Crippen molar-refractivity contribution >= 4 is 11.6 Å². The molecule has 1 aromatic carbocycles. The van der Waals surface area contributed by atoms with E-state index in [1.165, 1.54) is 0 Å². The van der Waals surface area contributed by atoms with E-state index in [1.54, 1.807) is 4.90 Å². The first-order valence-electron chi connectivity index (χ1n) is 5.51. The van der Waals surface area contributed by atoms with Crippen LogP contribution in [0.4, 0.5) is 0 Å². The molecule has 0 bridgehead atoms. The molecule has 0 radical (unpaired) electrons. The van der Waals surface area contributed by atoms with Crippen LogP contribution in [-0.2, 0) is 11.3 Å². The van der Waals surface area contributed by atoms with Gasteiger partial charge in [-0.25, -0.2) is 0 Å². The van der Waals surface area contributed by atoms with Crippen LogP contribution in [-0.4, -0.2) is 17.4 Å². The van der Waals surface area contributed by atoms with Crippen LogP contribution in [0.3, 0.4) is 0 Å². The van der Waals surface area contributed by atoms with Gasteiger partial charge in [-0.1, -0.05) is 30.8 Å². The highest BCUT2D eigenvalue weighted by Gasteiger charge is 2.22. The molecule has 16 heavy (non-hydrogen) atoms. The molecule has 1 aliphatic rings. The summed E-state index contributed by atoms with van der Waals surface area (Å²) in [7, 11) is 0. The Balaban J connectivity index is 2.17. The summed E-state index contributed by atoms with van der Waals surface area (Å²) < 4.78 is 0. The minimum Gasteiger partial charge on any atom is -0.326 e. The van der Waals surface area contributed by atoms with E-state index in [9.17, 15) is 4.79 Å². The van der Waals surface area contributed by atoms with Crippen molar-refractivity contribution < 1.29 is 4.79 Å². The zero-order valence-electron chi connectivity index (χ0n) is 9.28. The summed E-state index contributed by atoms with van der Waals surface area (Å²) >= 11 is 0. The van der Waals surface area contributed by atoms with Crippen molar-refractivity contribution in [2.24, 2.45) is 5.73 Å². The molecule has 0 spiro atoms. The number of rotatable bonds is 3. The molecule has 1 aliphatic heterocycles. The molecule has 1 heterocycles. The zero-order valence-corrected chi connectivity index (χ0v) is 9.28. The zero-order chi connectivity index (χ0) is 11.5. The molecule has 84 valence electrons. The van der Waals surface area contributed by atoms with E-state index in [1.807, 2.05) is 24.3 Å². The highest BCUT2D eigenvalue weighted by atomic mass is 16.2. The Morgan fingerprint density at radius 2 is 2.06 bits per heavy atom. The molecule has 0 unspecified atom stereocenters.